The van der Waals surface area contributed by atoms with Crippen LogP contribution in [0.1, 0.15) is 29.9 Å². The van der Waals surface area contributed by atoms with E-state index in [1.807, 2.05) is 30.3 Å². The summed E-state index contributed by atoms with van der Waals surface area (Å²) >= 11 is 0. The van der Waals surface area contributed by atoms with Crippen molar-refractivity contribution in [1.29, 1.82) is 5.26 Å². The summed E-state index contributed by atoms with van der Waals surface area (Å²) in [5.41, 5.74) is 2.35. The van der Waals surface area contributed by atoms with Gasteiger partial charge in [0.25, 0.3) is 0 Å². The first kappa shape index (κ1) is 13.2. The van der Waals surface area contributed by atoms with E-state index in [1.165, 1.54) is 5.56 Å². The minimum absolute atomic E-state index is 0.296. The van der Waals surface area contributed by atoms with Gasteiger partial charge in [0, 0.05) is 6.42 Å². The fourth-order valence-electron chi connectivity index (χ4n) is 2.32. The third-order valence-electron chi connectivity index (χ3n) is 3.27. The van der Waals surface area contributed by atoms with Gasteiger partial charge >= 0.3 is 0 Å². The van der Waals surface area contributed by atoms with Crippen molar-refractivity contribution in [3.63, 3.8) is 0 Å². The first-order valence-corrected chi connectivity index (χ1v) is 6.49. The summed E-state index contributed by atoms with van der Waals surface area (Å²) in [4.78, 5) is 0. The zero-order valence-electron chi connectivity index (χ0n) is 10.8. The van der Waals surface area contributed by atoms with Gasteiger partial charge in [-0.05, 0) is 42.0 Å². The number of rotatable bonds is 5. The maximum Gasteiger partial charge on any atom is 0.115 e. The Morgan fingerprint density at radius 2 is 1.84 bits per heavy atom. The van der Waals surface area contributed by atoms with E-state index >= 15 is 0 Å². The molecule has 1 atom stereocenters. The van der Waals surface area contributed by atoms with E-state index in [1.54, 1.807) is 12.1 Å². The van der Waals surface area contributed by atoms with Crippen molar-refractivity contribution in [3.05, 3.63) is 65.7 Å². The number of phenols is 1. The van der Waals surface area contributed by atoms with Crippen LogP contribution < -0.4 is 0 Å². The van der Waals surface area contributed by atoms with E-state index in [2.05, 4.69) is 18.2 Å². The molecule has 2 aromatic rings. The normalized spacial score (nSPS) is 11.7. The van der Waals surface area contributed by atoms with Crippen LogP contribution in [0.15, 0.2) is 54.6 Å². The molecule has 0 bridgehead atoms. The quantitative estimate of drug-likeness (QED) is 0.872. The van der Waals surface area contributed by atoms with E-state index in [0.717, 1.165) is 18.4 Å². The van der Waals surface area contributed by atoms with Crippen molar-refractivity contribution in [2.24, 2.45) is 0 Å². The van der Waals surface area contributed by atoms with Gasteiger partial charge in [-0.25, -0.2) is 0 Å². The van der Waals surface area contributed by atoms with Gasteiger partial charge in [0.2, 0.25) is 0 Å². The SMILES string of the molecule is N#CCC[C@@H](Cc1cccc(O)c1)c1ccccc1. The fraction of sp³-hybridized carbons (Fsp3) is 0.235. The molecular formula is C17H17NO. The summed E-state index contributed by atoms with van der Waals surface area (Å²) in [5, 5.41) is 18.3. The van der Waals surface area contributed by atoms with Crippen molar-refractivity contribution in [3.8, 4) is 11.8 Å². The molecule has 0 saturated carbocycles. The third-order valence-corrected chi connectivity index (χ3v) is 3.27. The fourth-order valence-corrected chi connectivity index (χ4v) is 2.32. The molecule has 0 heterocycles. The number of hydrogen-bond acceptors (Lipinski definition) is 2. The van der Waals surface area contributed by atoms with Crippen molar-refractivity contribution in [2.45, 2.75) is 25.2 Å². The molecule has 96 valence electrons. The van der Waals surface area contributed by atoms with Crippen LogP contribution in [0.3, 0.4) is 0 Å². The second-order valence-electron chi connectivity index (χ2n) is 4.68. The first-order chi connectivity index (χ1) is 9.29. The highest BCUT2D eigenvalue weighted by atomic mass is 16.3. The molecule has 19 heavy (non-hydrogen) atoms. The number of benzene rings is 2. The van der Waals surface area contributed by atoms with Crippen LogP contribution in [0.2, 0.25) is 0 Å². The second-order valence-corrected chi connectivity index (χ2v) is 4.68. The van der Waals surface area contributed by atoms with Crippen LogP contribution in [0.25, 0.3) is 0 Å². The second kappa shape index (κ2) is 6.61. The molecule has 0 aliphatic heterocycles. The Bertz CT molecular complexity index is 557. The lowest BCUT2D eigenvalue weighted by atomic mass is 9.88. The molecule has 2 heteroatoms. The number of nitriles is 1. The van der Waals surface area contributed by atoms with Gasteiger partial charge in [0.15, 0.2) is 0 Å². The molecule has 1 N–H and O–H groups in total. The Morgan fingerprint density at radius 1 is 1.05 bits per heavy atom. The summed E-state index contributed by atoms with van der Waals surface area (Å²) in [6.45, 7) is 0. The molecule has 2 rings (SSSR count). The molecule has 0 unspecified atom stereocenters. The molecular weight excluding hydrogens is 234 g/mol. The van der Waals surface area contributed by atoms with Crippen LogP contribution in [0.4, 0.5) is 0 Å². The van der Waals surface area contributed by atoms with Gasteiger partial charge in [-0.1, -0.05) is 42.5 Å². The number of nitrogens with zero attached hydrogens (tertiary/aromatic N) is 1. The zero-order chi connectivity index (χ0) is 13.5. The van der Waals surface area contributed by atoms with Crippen LogP contribution in [-0.4, -0.2) is 5.11 Å². The van der Waals surface area contributed by atoms with Crippen LogP contribution >= 0.6 is 0 Å². The Hall–Kier alpha value is -2.27. The number of phenolic OH excluding ortho intramolecular Hbond substituents is 1. The van der Waals surface area contributed by atoms with Gasteiger partial charge in [-0.3, -0.25) is 0 Å². The Balaban J connectivity index is 2.17. The zero-order valence-corrected chi connectivity index (χ0v) is 10.8. The molecule has 2 aromatic carbocycles. The number of hydrogen-bond donors (Lipinski definition) is 1. The Kier molecular flexibility index (Phi) is 4.58. The predicted molar refractivity (Wildman–Crippen MR) is 75.8 cm³/mol. The number of aromatic hydroxyl groups is 1. The minimum Gasteiger partial charge on any atom is -0.508 e. The van der Waals surface area contributed by atoms with Gasteiger partial charge in [0.05, 0.1) is 6.07 Å². The molecule has 0 aromatic heterocycles. The highest BCUT2D eigenvalue weighted by Gasteiger charge is 2.12. The van der Waals surface area contributed by atoms with Gasteiger partial charge in [0.1, 0.15) is 5.75 Å². The molecule has 0 aliphatic rings. The highest BCUT2D eigenvalue weighted by molar-refractivity contribution is 5.30. The van der Waals surface area contributed by atoms with Crippen LogP contribution in [0.5, 0.6) is 5.75 Å². The molecule has 0 fully saturated rings. The molecule has 0 saturated heterocycles. The standard InChI is InChI=1S/C17H17NO/c18-11-5-9-16(15-7-2-1-3-8-15)12-14-6-4-10-17(19)13-14/h1-4,6-8,10,13,16,19H,5,9,12H2/t16-/m0/s1. The lowest BCUT2D eigenvalue weighted by Gasteiger charge is -2.16. The molecule has 2 nitrogen and oxygen atoms in total. The molecule has 0 spiro atoms. The Labute approximate surface area is 114 Å². The van der Waals surface area contributed by atoms with Crippen LogP contribution in [-0.2, 0) is 6.42 Å². The molecule has 0 radical (unpaired) electrons. The molecule has 0 amide bonds. The van der Waals surface area contributed by atoms with E-state index in [0.29, 0.717) is 18.1 Å². The maximum absolute atomic E-state index is 9.52. The summed E-state index contributed by atoms with van der Waals surface area (Å²) in [7, 11) is 0. The van der Waals surface area contributed by atoms with Crippen molar-refractivity contribution < 1.29 is 5.11 Å². The lowest BCUT2D eigenvalue weighted by molar-refractivity contribution is 0.474. The lowest BCUT2D eigenvalue weighted by Crippen LogP contribution is -2.03. The highest BCUT2D eigenvalue weighted by Crippen LogP contribution is 2.26. The van der Waals surface area contributed by atoms with E-state index in [4.69, 9.17) is 5.26 Å². The first-order valence-electron chi connectivity index (χ1n) is 6.49. The topological polar surface area (TPSA) is 44.0 Å². The van der Waals surface area contributed by atoms with Gasteiger partial charge in [-0.2, -0.15) is 5.26 Å². The van der Waals surface area contributed by atoms with E-state index < -0.39 is 0 Å². The Morgan fingerprint density at radius 3 is 2.53 bits per heavy atom. The predicted octanol–water partition coefficient (Wildman–Crippen LogP) is 4.02. The van der Waals surface area contributed by atoms with Gasteiger partial charge in [-0.15, -0.1) is 0 Å². The average Bonchev–Trinajstić information content (AvgIpc) is 2.44. The van der Waals surface area contributed by atoms with Crippen LogP contribution in [0, 0.1) is 11.3 Å². The summed E-state index contributed by atoms with van der Waals surface area (Å²) in [5.74, 6) is 0.618. The van der Waals surface area contributed by atoms with E-state index in [-0.39, 0.29) is 0 Å². The third kappa shape index (κ3) is 3.86. The molecule has 0 aliphatic carbocycles. The van der Waals surface area contributed by atoms with Crippen molar-refractivity contribution in [2.75, 3.05) is 0 Å². The maximum atomic E-state index is 9.52. The van der Waals surface area contributed by atoms with Crippen molar-refractivity contribution in [1.82, 2.24) is 0 Å². The van der Waals surface area contributed by atoms with E-state index in [9.17, 15) is 5.11 Å². The average molecular weight is 251 g/mol. The smallest absolute Gasteiger partial charge is 0.115 e. The summed E-state index contributed by atoms with van der Waals surface area (Å²) in [6.07, 6.45) is 2.24. The monoisotopic (exact) mass is 251 g/mol. The summed E-state index contributed by atoms with van der Waals surface area (Å²) in [6, 6.07) is 19.8. The van der Waals surface area contributed by atoms with Gasteiger partial charge < -0.3 is 5.11 Å². The largest absolute Gasteiger partial charge is 0.508 e. The minimum atomic E-state index is 0.296. The van der Waals surface area contributed by atoms with Crippen molar-refractivity contribution >= 4 is 0 Å². The summed E-state index contributed by atoms with van der Waals surface area (Å²) < 4.78 is 0.